The van der Waals surface area contributed by atoms with Gasteiger partial charge in [-0.05, 0) is 53.3 Å². The van der Waals surface area contributed by atoms with Crippen LogP contribution in [-0.4, -0.2) is 15.6 Å². The molecule has 6 heteroatoms. The van der Waals surface area contributed by atoms with Crippen LogP contribution in [0.4, 0.5) is 0 Å². The molecule has 0 unspecified atom stereocenters. The van der Waals surface area contributed by atoms with Crippen LogP contribution in [-0.2, 0) is 13.0 Å². The van der Waals surface area contributed by atoms with E-state index < -0.39 is 5.97 Å². The molecule has 0 atom stereocenters. The van der Waals surface area contributed by atoms with E-state index in [0.29, 0.717) is 29.6 Å². The molecule has 1 aromatic heterocycles. The van der Waals surface area contributed by atoms with E-state index in [1.54, 1.807) is 28.8 Å². The van der Waals surface area contributed by atoms with Crippen molar-refractivity contribution in [3.05, 3.63) is 103 Å². The fraction of sp³-hybridized carbons (Fsp3) is 0.200. The summed E-state index contributed by atoms with van der Waals surface area (Å²) in [5.41, 5.74) is 3.63. The van der Waals surface area contributed by atoms with E-state index in [4.69, 9.17) is 28.3 Å². The Morgan fingerprint density at radius 3 is 2.39 bits per heavy atom. The highest BCUT2D eigenvalue weighted by molar-refractivity contribution is 6.35. The van der Waals surface area contributed by atoms with Crippen LogP contribution in [0.15, 0.2) is 59.4 Å². The first-order chi connectivity index (χ1) is 14.8. The fourth-order valence-corrected chi connectivity index (χ4v) is 3.80. The standard InChI is InChI=1S/C25H23Cl2NO3/c1-16(2)20-5-3-4-18(14-20)8-11-23-21(26)15-22(27)24(29)28(23)13-12-17-6-9-19(10-7-17)25(30)31/h3-11,14-16H,12-13H2,1-2H3,(H,30,31)/b11-8+. The normalized spacial score (nSPS) is 11.4. The highest BCUT2D eigenvalue weighted by Gasteiger charge is 2.11. The van der Waals surface area contributed by atoms with Crippen LogP contribution in [0, 0.1) is 0 Å². The fourth-order valence-electron chi connectivity index (χ4n) is 3.26. The molecule has 0 amide bonds. The van der Waals surface area contributed by atoms with Crippen LogP contribution in [0.2, 0.25) is 10.0 Å². The highest BCUT2D eigenvalue weighted by Crippen LogP contribution is 2.22. The second-order valence-corrected chi connectivity index (χ2v) is 8.41. The summed E-state index contributed by atoms with van der Waals surface area (Å²) in [7, 11) is 0. The van der Waals surface area contributed by atoms with Gasteiger partial charge in [0.1, 0.15) is 5.02 Å². The number of aromatic carboxylic acids is 1. The zero-order chi connectivity index (χ0) is 22.5. The average molecular weight is 456 g/mol. The second kappa shape index (κ2) is 9.99. The Balaban J connectivity index is 1.90. The molecule has 0 radical (unpaired) electrons. The first-order valence-corrected chi connectivity index (χ1v) is 10.7. The number of rotatable bonds is 7. The van der Waals surface area contributed by atoms with E-state index in [-0.39, 0.29) is 16.1 Å². The predicted octanol–water partition coefficient (Wildman–Crippen LogP) is 6.39. The van der Waals surface area contributed by atoms with Crippen molar-refractivity contribution in [1.29, 1.82) is 0 Å². The topological polar surface area (TPSA) is 59.3 Å². The molecule has 31 heavy (non-hydrogen) atoms. The first-order valence-electron chi connectivity index (χ1n) is 9.95. The number of aryl methyl sites for hydroxylation is 1. The maximum absolute atomic E-state index is 12.7. The highest BCUT2D eigenvalue weighted by atomic mass is 35.5. The molecule has 160 valence electrons. The number of hydrogen-bond acceptors (Lipinski definition) is 2. The molecule has 2 aromatic carbocycles. The minimum atomic E-state index is -0.974. The molecule has 0 saturated heterocycles. The summed E-state index contributed by atoms with van der Waals surface area (Å²) >= 11 is 12.5. The monoisotopic (exact) mass is 455 g/mol. The summed E-state index contributed by atoms with van der Waals surface area (Å²) in [6, 6.07) is 16.3. The average Bonchev–Trinajstić information content (AvgIpc) is 2.75. The Hall–Kier alpha value is -2.82. The van der Waals surface area contributed by atoms with Gasteiger partial charge >= 0.3 is 5.97 Å². The van der Waals surface area contributed by atoms with Gasteiger partial charge in [-0.25, -0.2) is 4.79 Å². The van der Waals surface area contributed by atoms with E-state index >= 15 is 0 Å². The Bertz CT molecular complexity index is 1180. The number of carbonyl (C=O) groups is 1. The third-order valence-corrected chi connectivity index (χ3v) is 5.65. The third kappa shape index (κ3) is 5.66. The van der Waals surface area contributed by atoms with Crippen molar-refractivity contribution in [2.45, 2.75) is 32.7 Å². The number of carboxylic acid groups (broad SMARTS) is 1. The van der Waals surface area contributed by atoms with Crippen LogP contribution in [0.3, 0.4) is 0 Å². The van der Waals surface area contributed by atoms with Crippen molar-refractivity contribution < 1.29 is 9.90 Å². The van der Waals surface area contributed by atoms with Crippen molar-refractivity contribution in [2.75, 3.05) is 0 Å². The van der Waals surface area contributed by atoms with Gasteiger partial charge in [-0.1, -0.05) is 79.5 Å². The summed E-state index contributed by atoms with van der Waals surface area (Å²) < 4.78 is 1.55. The molecule has 3 rings (SSSR count). The molecular formula is C25H23Cl2NO3. The summed E-state index contributed by atoms with van der Waals surface area (Å²) in [4.78, 5) is 23.7. The van der Waals surface area contributed by atoms with Crippen molar-refractivity contribution >= 4 is 41.3 Å². The van der Waals surface area contributed by atoms with Gasteiger partial charge in [-0.15, -0.1) is 0 Å². The molecule has 0 bridgehead atoms. The summed E-state index contributed by atoms with van der Waals surface area (Å²) in [5.74, 6) is -0.559. The van der Waals surface area contributed by atoms with Gasteiger partial charge in [-0.3, -0.25) is 4.79 Å². The molecule has 1 N–H and O–H groups in total. The Morgan fingerprint density at radius 2 is 1.74 bits per heavy atom. The molecule has 0 spiro atoms. The van der Waals surface area contributed by atoms with E-state index in [9.17, 15) is 9.59 Å². The Labute approximate surface area is 191 Å². The first kappa shape index (κ1) is 22.9. The minimum Gasteiger partial charge on any atom is -0.478 e. The van der Waals surface area contributed by atoms with Crippen molar-refractivity contribution in [2.24, 2.45) is 0 Å². The molecular weight excluding hydrogens is 433 g/mol. The zero-order valence-electron chi connectivity index (χ0n) is 17.3. The molecule has 0 fully saturated rings. The SMILES string of the molecule is CC(C)c1cccc(/C=C/c2c(Cl)cc(Cl)c(=O)n2CCc2ccc(C(=O)O)cc2)c1. The van der Waals surface area contributed by atoms with E-state index in [1.807, 2.05) is 24.3 Å². The van der Waals surface area contributed by atoms with Crippen molar-refractivity contribution in [1.82, 2.24) is 4.57 Å². The number of halogens is 2. The maximum Gasteiger partial charge on any atom is 0.335 e. The molecule has 0 saturated carbocycles. The quantitative estimate of drug-likeness (QED) is 0.448. The van der Waals surface area contributed by atoms with Gasteiger partial charge in [0, 0.05) is 6.54 Å². The summed E-state index contributed by atoms with van der Waals surface area (Å²) in [6.07, 6.45) is 4.28. The number of hydrogen-bond donors (Lipinski definition) is 1. The summed E-state index contributed by atoms with van der Waals surface area (Å²) in [5, 5.41) is 9.49. The van der Waals surface area contributed by atoms with E-state index in [2.05, 4.69) is 26.0 Å². The Kier molecular flexibility index (Phi) is 7.37. The number of aromatic nitrogens is 1. The maximum atomic E-state index is 12.7. The molecule has 1 heterocycles. The number of carboxylic acids is 1. The lowest BCUT2D eigenvalue weighted by Crippen LogP contribution is -2.24. The number of pyridine rings is 1. The lowest BCUT2D eigenvalue weighted by Gasteiger charge is -2.13. The lowest BCUT2D eigenvalue weighted by molar-refractivity contribution is 0.0697. The van der Waals surface area contributed by atoms with Crippen LogP contribution in [0.25, 0.3) is 12.2 Å². The number of nitrogens with zero attached hydrogens (tertiary/aromatic N) is 1. The van der Waals surface area contributed by atoms with Crippen LogP contribution < -0.4 is 5.56 Å². The van der Waals surface area contributed by atoms with Gasteiger partial charge in [-0.2, -0.15) is 0 Å². The van der Waals surface area contributed by atoms with Crippen LogP contribution in [0.1, 0.15) is 52.5 Å². The minimum absolute atomic E-state index is 0.0604. The molecule has 3 aromatic rings. The molecule has 0 aliphatic heterocycles. The third-order valence-electron chi connectivity index (χ3n) is 5.07. The van der Waals surface area contributed by atoms with Gasteiger partial charge in [0.25, 0.3) is 5.56 Å². The van der Waals surface area contributed by atoms with E-state index in [0.717, 1.165) is 11.1 Å². The smallest absolute Gasteiger partial charge is 0.335 e. The van der Waals surface area contributed by atoms with E-state index in [1.165, 1.54) is 11.6 Å². The van der Waals surface area contributed by atoms with Crippen LogP contribution >= 0.6 is 23.2 Å². The van der Waals surface area contributed by atoms with Gasteiger partial charge in [0.2, 0.25) is 0 Å². The van der Waals surface area contributed by atoms with Crippen molar-refractivity contribution in [3.8, 4) is 0 Å². The van der Waals surface area contributed by atoms with Gasteiger partial charge in [0.05, 0.1) is 16.3 Å². The van der Waals surface area contributed by atoms with Gasteiger partial charge in [0.15, 0.2) is 0 Å². The molecule has 4 nitrogen and oxygen atoms in total. The van der Waals surface area contributed by atoms with Crippen LogP contribution in [0.5, 0.6) is 0 Å². The molecule has 0 aliphatic carbocycles. The zero-order valence-corrected chi connectivity index (χ0v) is 18.8. The predicted molar refractivity (Wildman–Crippen MR) is 127 cm³/mol. The van der Waals surface area contributed by atoms with Crippen molar-refractivity contribution in [3.63, 3.8) is 0 Å². The molecule has 0 aliphatic rings. The summed E-state index contributed by atoms with van der Waals surface area (Å²) in [6.45, 7) is 4.64. The number of benzene rings is 2. The second-order valence-electron chi connectivity index (χ2n) is 7.59. The van der Waals surface area contributed by atoms with Gasteiger partial charge < -0.3 is 9.67 Å². The lowest BCUT2D eigenvalue weighted by atomic mass is 10.0. The Morgan fingerprint density at radius 1 is 1.03 bits per heavy atom. The largest absolute Gasteiger partial charge is 0.478 e.